The molecule has 1 aromatic heterocycles. The molecule has 2 aliphatic rings. The maximum Gasteiger partial charge on any atom is 0.229 e. The fourth-order valence-corrected chi connectivity index (χ4v) is 5.45. The summed E-state index contributed by atoms with van der Waals surface area (Å²) in [5.41, 5.74) is 0.846. The lowest BCUT2D eigenvalue weighted by atomic mass is 9.80. The average Bonchev–Trinajstić information content (AvgIpc) is 3.39. The van der Waals surface area contributed by atoms with Gasteiger partial charge in [0.1, 0.15) is 29.3 Å². The Bertz CT molecular complexity index is 1250. The lowest BCUT2D eigenvalue weighted by molar-refractivity contribution is -0.142. The Labute approximate surface area is 208 Å². The number of nitrogens with zero attached hydrogens (tertiary/aromatic N) is 2. The van der Waals surface area contributed by atoms with E-state index in [-0.39, 0.29) is 48.8 Å². The summed E-state index contributed by atoms with van der Waals surface area (Å²) in [7, 11) is 0. The van der Waals surface area contributed by atoms with Crippen LogP contribution in [0.4, 0.5) is 13.2 Å². The molecule has 1 unspecified atom stereocenters. The molecule has 2 aromatic carbocycles. The summed E-state index contributed by atoms with van der Waals surface area (Å²) in [5.74, 6) is -1.24. The maximum absolute atomic E-state index is 14.7. The quantitative estimate of drug-likeness (QED) is 0.509. The molecule has 0 radical (unpaired) electrons. The Kier molecular flexibility index (Phi) is 6.41. The first-order chi connectivity index (χ1) is 17.1. The van der Waals surface area contributed by atoms with Crippen LogP contribution in [0.2, 0.25) is 0 Å². The summed E-state index contributed by atoms with van der Waals surface area (Å²) in [6, 6.07) is 12.0. The van der Waals surface area contributed by atoms with Crippen molar-refractivity contribution in [1.82, 2.24) is 15.2 Å². The smallest absolute Gasteiger partial charge is 0.229 e. The number of nitrogens with one attached hydrogen (secondary N) is 1. The minimum absolute atomic E-state index is 0.0459. The van der Waals surface area contributed by atoms with Crippen molar-refractivity contribution < 1.29 is 22.4 Å². The molecule has 0 saturated carbocycles. The van der Waals surface area contributed by atoms with Crippen LogP contribution in [-0.2, 0) is 11.2 Å². The molecular formula is C28H30F3N3O2. The Morgan fingerprint density at radius 2 is 1.92 bits per heavy atom. The molecule has 3 heterocycles. The maximum atomic E-state index is 14.7. The largest absolute Gasteiger partial charge is 0.440 e. The van der Waals surface area contributed by atoms with E-state index in [0.717, 1.165) is 23.8 Å². The predicted octanol–water partition coefficient (Wildman–Crippen LogP) is 5.46. The van der Waals surface area contributed by atoms with Gasteiger partial charge in [0.15, 0.2) is 0 Å². The van der Waals surface area contributed by atoms with Crippen LogP contribution in [0, 0.1) is 23.0 Å². The van der Waals surface area contributed by atoms with E-state index in [1.807, 2.05) is 51.1 Å². The molecule has 2 saturated heterocycles. The van der Waals surface area contributed by atoms with Crippen molar-refractivity contribution in [3.8, 4) is 11.5 Å². The van der Waals surface area contributed by atoms with Gasteiger partial charge in [0.05, 0.1) is 11.6 Å². The van der Waals surface area contributed by atoms with Crippen molar-refractivity contribution in [2.45, 2.75) is 51.9 Å². The number of carbonyl (C=O) groups excluding carboxylic acids is 1. The second kappa shape index (κ2) is 9.39. The summed E-state index contributed by atoms with van der Waals surface area (Å²) in [4.78, 5) is 19.7. The second-order valence-corrected chi connectivity index (χ2v) is 10.8. The number of likely N-dealkylation sites (tertiary alicyclic amines) is 1. The molecular weight excluding hydrogens is 467 g/mol. The number of hydrogen-bond acceptors (Lipinski definition) is 4. The number of aromatic nitrogens is 1. The third kappa shape index (κ3) is 4.66. The van der Waals surface area contributed by atoms with Gasteiger partial charge in [-0.15, -0.1) is 0 Å². The summed E-state index contributed by atoms with van der Waals surface area (Å²) >= 11 is 0. The highest BCUT2D eigenvalue weighted by Crippen LogP contribution is 2.44. The molecule has 0 spiro atoms. The van der Waals surface area contributed by atoms with Crippen LogP contribution in [0.25, 0.3) is 11.5 Å². The molecule has 3 aromatic rings. The SMILES string of the molecule is CC(C)(C)[C@H](c1nc(-c2cc(F)ccc2F)oc1Cc1ccccc1)N1C[C@@H]2C(CC1=O)NC[C@@H]2F. The molecule has 8 heteroatoms. The van der Waals surface area contributed by atoms with Gasteiger partial charge in [-0.25, -0.2) is 18.2 Å². The van der Waals surface area contributed by atoms with Crippen LogP contribution in [-0.4, -0.2) is 41.1 Å². The average molecular weight is 498 g/mol. The van der Waals surface area contributed by atoms with Crippen molar-refractivity contribution in [2.24, 2.45) is 11.3 Å². The number of hydrogen-bond donors (Lipinski definition) is 1. The fraction of sp³-hybridized carbons (Fsp3) is 0.429. The van der Waals surface area contributed by atoms with Crippen molar-refractivity contribution in [2.75, 3.05) is 13.1 Å². The molecule has 1 N–H and O–H groups in total. The first-order valence-electron chi connectivity index (χ1n) is 12.3. The lowest BCUT2D eigenvalue weighted by Gasteiger charge is -2.44. The summed E-state index contributed by atoms with van der Waals surface area (Å²) in [6.45, 7) is 6.45. The monoisotopic (exact) mass is 497 g/mol. The number of halogens is 3. The van der Waals surface area contributed by atoms with Gasteiger partial charge < -0.3 is 14.6 Å². The van der Waals surface area contributed by atoms with E-state index in [9.17, 15) is 18.0 Å². The third-order valence-electron chi connectivity index (χ3n) is 7.16. The van der Waals surface area contributed by atoms with Gasteiger partial charge in [-0.1, -0.05) is 51.1 Å². The van der Waals surface area contributed by atoms with E-state index in [1.54, 1.807) is 4.90 Å². The highest BCUT2D eigenvalue weighted by atomic mass is 19.1. The van der Waals surface area contributed by atoms with Gasteiger partial charge in [0, 0.05) is 37.9 Å². The molecule has 0 aliphatic carbocycles. The van der Waals surface area contributed by atoms with Crippen LogP contribution in [0.5, 0.6) is 0 Å². The van der Waals surface area contributed by atoms with Crippen molar-refractivity contribution in [3.63, 3.8) is 0 Å². The first kappa shape index (κ1) is 24.6. The van der Waals surface area contributed by atoms with Crippen molar-refractivity contribution in [3.05, 3.63) is 77.2 Å². The molecule has 2 aliphatic heterocycles. The van der Waals surface area contributed by atoms with E-state index in [1.165, 1.54) is 0 Å². The number of rotatable bonds is 5. The summed E-state index contributed by atoms with van der Waals surface area (Å²) in [6.07, 6.45) is -0.479. The van der Waals surface area contributed by atoms with Crippen LogP contribution < -0.4 is 5.32 Å². The van der Waals surface area contributed by atoms with E-state index >= 15 is 0 Å². The summed E-state index contributed by atoms with van der Waals surface area (Å²) in [5, 5.41) is 3.12. The Balaban J connectivity index is 1.62. The number of carbonyl (C=O) groups is 1. The second-order valence-electron chi connectivity index (χ2n) is 10.8. The van der Waals surface area contributed by atoms with Gasteiger partial charge in [0.25, 0.3) is 0 Å². The standard InChI is InChI=1S/C28H30F3N3O2/c1-28(2,3)26(34-15-19-21(31)14-32-22(19)13-24(34)35)25-23(11-16-7-5-4-6-8-16)36-27(33-25)18-12-17(29)9-10-20(18)30/h4-10,12,19,21-22,26,32H,11,13-15H2,1-3H3/t19-,21-,22?,26-/m0/s1. The zero-order valence-corrected chi connectivity index (χ0v) is 20.6. The first-order valence-corrected chi connectivity index (χ1v) is 12.3. The van der Waals surface area contributed by atoms with Crippen LogP contribution in [0.1, 0.15) is 50.3 Å². The van der Waals surface area contributed by atoms with Gasteiger partial charge in [-0.2, -0.15) is 0 Å². The minimum atomic E-state index is -1.04. The molecule has 5 nitrogen and oxygen atoms in total. The highest BCUT2D eigenvalue weighted by molar-refractivity contribution is 5.78. The molecule has 1 amide bonds. The molecule has 190 valence electrons. The van der Waals surface area contributed by atoms with Gasteiger partial charge in [-0.05, 0) is 29.2 Å². The fourth-order valence-electron chi connectivity index (χ4n) is 5.45. The van der Waals surface area contributed by atoms with E-state index in [0.29, 0.717) is 17.9 Å². The van der Waals surface area contributed by atoms with Crippen LogP contribution in [0.3, 0.4) is 0 Å². The highest BCUT2D eigenvalue weighted by Gasteiger charge is 2.48. The molecule has 2 fully saturated rings. The van der Waals surface area contributed by atoms with Crippen molar-refractivity contribution in [1.29, 1.82) is 0 Å². The zero-order chi connectivity index (χ0) is 25.6. The number of amides is 1. The molecule has 4 atom stereocenters. The van der Waals surface area contributed by atoms with Crippen molar-refractivity contribution >= 4 is 5.91 Å². The minimum Gasteiger partial charge on any atom is -0.440 e. The number of alkyl halides is 1. The van der Waals surface area contributed by atoms with Crippen LogP contribution in [0.15, 0.2) is 52.9 Å². The Hall–Kier alpha value is -3.13. The van der Waals surface area contributed by atoms with Gasteiger partial charge in [0.2, 0.25) is 11.8 Å². The predicted molar refractivity (Wildman–Crippen MR) is 130 cm³/mol. The normalized spacial score (nSPS) is 23.1. The Morgan fingerprint density at radius 1 is 1.17 bits per heavy atom. The number of oxazole rings is 1. The third-order valence-corrected chi connectivity index (χ3v) is 7.16. The molecule has 36 heavy (non-hydrogen) atoms. The Morgan fingerprint density at radius 3 is 2.64 bits per heavy atom. The van der Waals surface area contributed by atoms with E-state index in [4.69, 9.17) is 4.42 Å². The molecule has 0 bridgehead atoms. The number of fused-ring (bicyclic) bond motifs is 1. The van der Waals surface area contributed by atoms with E-state index < -0.39 is 29.3 Å². The van der Waals surface area contributed by atoms with Gasteiger partial charge >= 0.3 is 0 Å². The topological polar surface area (TPSA) is 58.4 Å². The van der Waals surface area contributed by atoms with Crippen LogP contribution >= 0.6 is 0 Å². The zero-order valence-electron chi connectivity index (χ0n) is 20.6. The number of benzene rings is 2. The summed E-state index contributed by atoms with van der Waals surface area (Å²) < 4.78 is 49.5. The van der Waals surface area contributed by atoms with Gasteiger partial charge in [-0.3, -0.25) is 4.79 Å². The lowest BCUT2D eigenvalue weighted by Crippen LogP contribution is -2.53. The number of piperidine rings is 1. The van der Waals surface area contributed by atoms with E-state index in [2.05, 4.69) is 10.3 Å². The molecule has 5 rings (SSSR count).